The Morgan fingerprint density at radius 2 is 1.81 bits per heavy atom. The summed E-state index contributed by atoms with van der Waals surface area (Å²) in [6.07, 6.45) is 21.4. The first kappa shape index (κ1) is 31.7. The van der Waals surface area contributed by atoms with Crippen molar-refractivity contribution in [3.8, 4) is 0 Å². The fraction of sp³-hybridized carbons (Fsp3) is 0.238. The molecule has 1 nitrogen and oxygen atoms in total. The molecule has 4 aliphatic rings. The molecule has 27 heavy (non-hydrogen) atoms. The molecule has 150 valence electrons. The van der Waals surface area contributed by atoms with Crippen molar-refractivity contribution in [2.45, 2.75) is 19.9 Å². The molecule has 4 rings (SSSR count). The molecule has 1 atom stereocenters. The van der Waals surface area contributed by atoms with Crippen LogP contribution < -0.4 is 0 Å². The third kappa shape index (κ3) is 7.40. The summed E-state index contributed by atoms with van der Waals surface area (Å²) in [7, 11) is 2.13. The maximum absolute atomic E-state index is 3.32. The molecule has 0 saturated heterocycles. The van der Waals surface area contributed by atoms with Crippen LogP contribution >= 0.6 is 36.6 Å². The van der Waals surface area contributed by atoms with Crippen LogP contribution in [0.15, 0.2) is 69.4 Å². The maximum atomic E-state index is 3.32. The Kier molecular flexibility index (Phi) is 17.5. The van der Waals surface area contributed by atoms with E-state index in [1.807, 2.05) is 13.0 Å². The van der Waals surface area contributed by atoms with Crippen LogP contribution in [0.5, 0.6) is 0 Å². The van der Waals surface area contributed by atoms with Crippen molar-refractivity contribution in [3.05, 3.63) is 96.4 Å². The molecule has 1 aliphatic heterocycles. The second-order valence-corrected chi connectivity index (χ2v) is 6.33. The molecule has 0 spiro atoms. The first-order valence-electron chi connectivity index (χ1n) is 7.49. The monoisotopic (exact) mass is 515 g/mol. The fourth-order valence-corrected chi connectivity index (χ4v) is 3.32. The van der Waals surface area contributed by atoms with Gasteiger partial charge in [-0.15, -0.1) is 77.5 Å². The molecule has 6 heteroatoms. The number of hydrogen-bond donors (Lipinski definition) is 0. The van der Waals surface area contributed by atoms with Crippen molar-refractivity contribution in [3.63, 3.8) is 0 Å². The number of halogens is 2. The Hall–Kier alpha value is 0.0100. The molecule has 0 aromatic heterocycles. The van der Waals surface area contributed by atoms with Gasteiger partial charge in [-0.3, -0.25) is 0 Å². The molecule has 1 unspecified atom stereocenters. The quantitative estimate of drug-likeness (QED) is 0.348. The molecule has 0 amide bonds. The molecule has 0 aromatic carbocycles. The van der Waals surface area contributed by atoms with Gasteiger partial charge in [0.05, 0.1) is 0 Å². The summed E-state index contributed by atoms with van der Waals surface area (Å²) in [6.45, 7) is 6.24. The zero-order valence-corrected chi connectivity index (χ0v) is 23.2. The summed E-state index contributed by atoms with van der Waals surface area (Å²) >= 11 is 3.36. The molecule has 0 N–H and O–H groups in total. The van der Waals surface area contributed by atoms with E-state index >= 15 is 0 Å². The average molecular weight is 518 g/mol. The van der Waals surface area contributed by atoms with Gasteiger partial charge in [0, 0.05) is 6.04 Å². The van der Waals surface area contributed by atoms with E-state index in [4.69, 9.17) is 0 Å². The molecule has 0 radical (unpaired) electrons. The van der Waals surface area contributed by atoms with Gasteiger partial charge in [0.15, 0.2) is 0 Å². The topological polar surface area (TPSA) is 3.24 Å². The van der Waals surface area contributed by atoms with E-state index in [0.717, 1.165) is 0 Å². The number of thioether (sulfide) groups is 1. The number of nitrogens with zero attached hydrogens (tertiary/aromatic N) is 1. The Balaban J connectivity index is -0.000000345. The van der Waals surface area contributed by atoms with Crippen molar-refractivity contribution in [1.82, 2.24) is 4.90 Å². The summed E-state index contributed by atoms with van der Waals surface area (Å²) < 4.78 is 0. The predicted molar refractivity (Wildman–Crippen MR) is 127 cm³/mol. The number of likely N-dealkylation sites (N-methyl/N-ethyl adjacent to an activating group) is 1. The minimum atomic E-state index is 0. The molecular formula is C21H29Cl2NSSiZr-4. The summed E-state index contributed by atoms with van der Waals surface area (Å²) in [6, 6.07) is 0.539. The fourth-order valence-electron chi connectivity index (χ4n) is 2.74. The van der Waals surface area contributed by atoms with Gasteiger partial charge in [0.2, 0.25) is 0 Å². The second-order valence-electron chi connectivity index (χ2n) is 5.48. The Bertz CT molecular complexity index is 718. The third-order valence-electron chi connectivity index (χ3n) is 4.02. The second kappa shape index (κ2) is 14.9. The SMILES string of the molecule is CC1=[C-]C2=CC(C)N(C)C2=C1.CSC1=C2[C-]=CC=C2C=C1.Cl.Cl.[CH3-].[CH3-].[SiH2]=[Zr]. The van der Waals surface area contributed by atoms with Crippen molar-refractivity contribution in [2.75, 3.05) is 13.3 Å². The Morgan fingerprint density at radius 3 is 2.37 bits per heavy atom. The number of fused-ring (bicyclic) bond motifs is 2. The normalized spacial score (nSPS) is 19.1. The summed E-state index contributed by atoms with van der Waals surface area (Å²) in [5, 5.41) is 0. The van der Waals surface area contributed by atoms with Crippen LogP contribution in [0, 0.1) is 27.0 Å². The van der Waals surface area contributed by atoms with Gasteiger partial charge in [-0.1, -0.05) is 30.5 Å². The van der Waals surface area contributed by atoms with Gasteiger partial charge in [0.1, 0.15) is 0 Å². The van der Waals surface area contributed by atoms with Crippen LogP contribution in [-0.4, -0.2) is 31.1 Å². The average Bonchev–Trinajstić information content (AvgIpc) is 3.27. The van der Waals surface area contributed by atoms with E-state index in [1.165, 1.54) is 32.9 Å². The third-order valence-corrected chi connectivity index (χ3v) is 4.80. The van der Waals surface area contributed by atoms with E-state index in [9.17, 15) is 0 Å². The predicted octanol–water partition coefficient (Wildman–Crippen LogP) is 5.19. The van der Waals surface area contributed by atoms with E-state index < -0.39 is 0 Å². The number of hydrogen-bond acceptors (Lipinski definition) is 2. The summed E-state index contributed by atoms with van der Waals surface area (Å²) in [4.78, 5) is 3.61. The molecule has 0 bridgehead atoms. The van der Waals surface area contributed by atoms with Gasteiger partial charge >= 0.3 is 30.2 Å². The summed E-state index contributed by atoms with van der Waals surface area (Å²) in [5.74, 6) is 0. The van der Waals surface area contributed by atoms with Crippen LogP contribution in [0.4, 0.5) is 0 Å². The van der Waals surface area contributed by atoms with Crippen LogP contribution in [0.2, 0.25) is 0 Å². The van der Waals surface area contributed by atoms with Crippen molar-refractivity contribution in [2.24, 2.45) is 0 Å². The zero-order valence-electron chi connectivity index (χ0n) is 16.9. The Labute approximate surface area is 199 Å². The standard InChI is InChI=1S/C10H12N.C9H7S.2CH3.2ClH.H2Si.Zr/c1-7-4-9-6-8(2)11(3)10(9)5-7;1-10-9-6-5-7-3-2-4-8(7)9;;;;;;/h5-6,8H,1-3H3;2-3,5-6H,1H3;2*1H3;2*1H;1H2;/q4*-1;;;;. The molecule has 0 fully saturated rings. The van der Waals surface area contributed by atoms with Crippen molar-refractivity contribution < 1.29 is 23.3 Å². The van der Waals surface area contributed by atoms with Crippen LogP contribution in [0.25, 0.3) is 0 Å². The first-order valence-corrected chi connectivity index (χ1v) is 14.6. The van der Waals surface area contributed by atoms with Crippen LogP contribution in [0.1, 0.15) is 13.8 Å². The Morgan fingerprint density at radius 1 is 1.19 bits per heavy atom. The van der Waals surface area contributed by atoms with Crippen molar-refractivity contribution >= 4 is 43.5 Å². The molecule has 0 saturated carbocycles. The van der Waals surface area contributed by atoms with Gasteiger partial charge in [-0.2, -0.15) is 23.9 Å². The molecule has 0 aromatic rings. The van der Waals surface area contributed by atoms with E-state index in [2.05, 4.69) is 74.6 Å². The number of rotatable bonds is 1. The molecule has 3 aliphatic carbocycles. The van der Waals surface area contributed by atoms with Crippen LogP contribution in [-0.2, 0) is 23.3 Å². The van der Waals surface area contributed by atoms with E-state index in [0.29, 0.717) is 6.04 Å². The molecule has 1 heterocycles. The van der Waals surface area contributed by atoms with Gasteiger partial charge in [0.25, 0.3) is 0 Å². The van der Waals surface area contributed by atoms with E-state index in [1.54, 1.807) is 35.1 Å². The first-order chi connectivity index (χ1) is 11.1. The molecular weight excluding hydrogens is 489 g/mol. The minimum absolute atomic E-state index is 0. The van der Waals surface area contributed by atoms with Crippen molar-refractivity contribution in [1.29, 1.82) is 0 Å². The van der Waals surface area contributed by atoms with Crippen LogP contribution in [0.3, 0.4) is 0 Å². The van der Waals surface area contributed by atoms with Gasteiger partial charge < -0.3 is 19.8 Å². The van der Waals surface area contributed by atoms with E-state index in [-0.39, 0.29) is 39.7 Å². The van der Waals surface area contributed by atoms with Gasteiger partial charge in [-0.05, 0) is 13.3 Å². The summed E-state index contributed by atoms with van der Waals surface area (Å²) in [5.41, 5.74) is 6.43. The zero-order chi connectivity index (χ0) is 17.0. The van der Waals surface area contributed by atoms with Gasteiger partial charge in [-0.25, -0.2) is 0 Å². The number of allylic oxidation sites excluding steroid dienone is 10.